The minimum absolute atomic E-state index is 0.0395. The van der Waals surface area contributed by atoms with Gasteiger partial charge < -0.3 is 10.0 Å². The van der Waals surface area contributed by atoms with Gasteiger partial charge in [-0.2, -0.15) is 0 Å². The molecule has 1 N–H and O–H groups in total. The van der Waals surface area contributed by atoms with Crippen LogP contribution in [0.4, 0.5) is 0 Å². The minimum Gasteiger partial charge on any atom is -0.395 e. The van der Waals surface area contributed by atoms with Crippen molar-refractivity contribution in [1.29, 1.82) is 0 Å². The van der Waals surface area contributed by atoms with E-state index in [1.54, 1.807) is 18.2 Å². The van der Waals surface area contributed by atoms with Gasteiger partial charge in [0.25, 0.3) is 0 Å². The van der Waals surface area contributed by atoms with E-state index in [1.807, 2.05) is 11.9 Å². The number of carbonyl (C=O) groups is 1. The summed E-state index contributed by atoms with van der Waals surface area (Å²) in [5.74, 6) is -0.0395. The summed E-state index contributed by atoms with van der Waals surface area (Å²) in [5, 5.41) is 9.43. The maximum Gasteiger partial charge on any atom is 0.165 e. The van der Waals surface area contributed by atoms with Crippen molar-refractivity contribution in [3.05, 3.63) is 33.8 Å². The first kappa shape index (κ1) is 14.5. The lowest BCUT2D eigenvalue weighted by atomic mass is 10.1. The maximum absolute atomic E-state index is 11.9. The first-order valence-corrected chi connectivity index (χ1v) is 6.08. The van der Waals surface area contributed by atoms with E-state index in [1.165, 1.54) is 0 Å². The largest absolute Gasteiger partial charge is 0.395 e. The first-order valence-electron chi connectivity index (χ1n) is 5.33. The van der Waals surface area contributed by atoms with Crippen molar-refractivity contribution in [1.82, 2.24) is 4.90 Å². The highest BCUT2D eigenvalue weighted by molar-refractivity contribution is 6.43. The zero-order chi connectivity index (χ0) is 12.8. The molecule has 0 radical (unpaired) electrons. The van der Waals surface area contributed by atoms with Crippen LogP contribution in [0, 0.1) is 0 Å². The summed E-state index contributed by atoms with van der Waals surface area (Å²) in [6.07, 6.45) is 0.358. The number of hydrogen-bond acceptors (Lipinski definition) is 3. The van der Waals surface area contributed by atoms with Gasteiger partial charge in [-0.25, -0.2) is 0 Å². The third-order valence-electron chi connectivity index (χ3n) is 2.45. The average molecular weight is 276 g/mol. The molecule has 0 amide bonds. The number of hydrogen-bond donors (Lipinski definition) is 1. The Morgan fingerprint density at radius 2 is 2.06 bits per heavy atom. The van der Waals surface area contributed by atoms with E-state index in [2.05, 4.69) is 0 Å². The Bertz CT molecular complexity index is 396. The Labute approximate surface area is 111 Å². The van der Waals surface area contributed by atoms with Crippen molar-refractivity contribution in [3.8, 4) is 0 Å². The molecule has 17 heavy (non-hydrogen) atoms. The predicted molar refractivity (Wildman–Crippen MR) is 70.0 cm³/mol. The number of rotatable bonds is 6. The highest BCUT2D eigenvalue weighted by Gasteiger charge is 2.12. The number of benzene rings is 1. The molecule has 0 saturated heterocycles. The van der Waals surface area contributed by atoms with Gasteiger partial charge in [0.1, 0.15) is 0 Å². The molecular formula is C12H15Cl2NO2. The van der Waals surface area contributed by atoms with Gasteiger partial charge in [-0.05, 0) is 19.2 Å². The molecule has 94 valence electrons. The highest BCUT2D eigenvalue weighted by Crippen LogP contribution is 2.26. The molecule has 0 unspecified atom stereocenters. The molecular weight excluding hydrogens is 261 g/mol. The lowest BCUT2D eigenvalue weighted by molar-refractivity contribution is 0.0965. The van der Waals surface area contributed by atoms with Gasteiger partial charge in [0.2, 0.25) is 0 Å². The van der Waals surface area contributed by atoms with Gasteiger partial charge in [0.05, 0.1) is 16.7 Å². The van der Waals surface area contributed by atoms with Crippen LogP contribution in [0.2, 0.25) is 10.0 Å². The van der Waals surface area contributed by atoms with Gasteiger partial charge in [-0.3, -0.25) is 4.79 Å². The third kappa shape index (κ3) is 4.28. The number of carbonyl (C=O) groups excluding carboxylic acids is 1. The van der Waals surface area contributed by atoms with E-state index in [-0.39, 0.29) is 12.4 Å². The summed E-state index contributed by atoms with van der Waals surface area (Å²) in [7, 11) is 1.85. The number of likely N-dealkylation sites (N-methyl/N-ethyl adjacent to an activating group) is 1. The quantitative estimate of drug-likeness (QED) is 0.811. The number of nitrogens with zero attached hydrogens (tertiary/aromatic N) is 1. The Balaban J connectivity index is 2.61. The Morgan fingerprint density at radius 3 is 2.71 bits per heavy atom. The molecule has 3 nitrogen and oxygen atoms in total. The van der Waals surface area contributed by atoms with Gasteiger partial charge in [-0.15, -0.1) is 0 Å². The van der Waals surface area contributed by atoms with Crippen molar-refractivity contribution < 1.29 is 9.90 Å². The van der Waals surface area contributed by atoms with Crippen molar-refractivity contribution in [2.24, 2.45) is 0 Å². The molecule has 0 saturated carbocycles. The molecule has 0 aliphatic rings. The summed E-state index contributed by atoms with van der Waals surface area (Å²) in [5.41, 5.74) is 0.455. The van der Waals surface area contributed by atoms with Crippen LogP contribution in [0.3, 0.4) is 0 Å². The van der Waals surface area contributed by atoms with Gasteiger partial charge in [0, 0.05) is 25.1 Å². The zero-order valence-electron chi connectivity index (χ0n) is 9.62. The highest BCUT2D eigenvalue weighted by atomic mass is 35.5. The Kier molecular flexibility index (Phi) is 5.92. The Morgan fingerprint density at radius 1 is 1.35 bits per heavy atom. The van der Waals surface area contributed by atoms with Crippen LogP contribution in [0.1, 0.15) is 16.8 Å². The molecule has 1 aromatic rings. The molecule has 0 atom stereocenters. The number of aliphatic hydroxyl groups is 1. The lowest BCUT2D eigenvalue weighted by Crippen LogP contribution is -2.25. The second-order valence-corrected chi connectivity index (χ2v) is 4.59. The molecule has 0 aromatic heterocycles. The van der Waals surface area contributed by atoms with Gasteiger partial charge in [0.15, 0.2) is 5.78 Å². The predicted octanol–water partition coefficient (Wildman–Crippen LogP) is 2.49. The van der Waals surface area contributed by atoms with Crippen LogP contribution in [-0.2, 0) is 0 Å². The molecule has 0 spiro atoms. The minimum atomic E-state index is -0.0395. The fraction of sp³-hybridized carbons (Fsp3) is 0.417. The van der Waals surface area contributed by atoms with Crippen LogP contribution in [0.25, 0.3) is 0 Å². The summed E-state index contributed by atoms with van der Waals surface area (Å²) >= 11 is 11.8. The summed E-state index contributed by atoms with van der Waals surface area (Å²) in [6, 6.07) is 5.03. The number of halogens is 2. The maximum atomic E-state index is 11.9. The molecule has 1 rings (SSSR count). The van der Waals surface area contributed by atoms with Crippen molar-refractivity contribution >= 4 is 29.0 Å². The van der Waals surface area contributed by atoms with Crippen LogP contribution in [-0.4, -0.2) is 42.5 Å². The van der Waals surface area contributed by atoms with E-state index in [0.717, 1.165) is 0 Å². The van der Waals surface area contributed by atoms with Crippen LogP contribution in [0.5, 0.6) is 0 Å². The summed E-state index contributed by atoms with van der Waals surface area (Å²) < 4.78 is 0. The smallest absolute Gasteiger partial charge is 0.165 e. The Hall–Kier alpha value is -0.610. The van der Waals surface area contributed by atoms with Crippen molar-refractivity contribution in [2.75, 3.05) is 26.7 Å². The fourth-order valence-corrected chi connectivity index (χ4v) is 1.83. The van der Waals surface area contributed by atoms with E-state index >= 15 is 0 Å². The second-order valence-electron chi connectivity index (χ2n) is 3.80. The van der Waals surface area contributed by atoms with Gasteiger partial charge >= 0.3 is 0 Å². The SMILES string of the molecule is CN(CCO)CCC(=O)c1cccc(Cl)c1Cl. The van der Waals surface area contributed by atoms with Gasteiger partial charge in [-0.1, -0.05) is 29.3 Å². The average Bonchev–Trinajstić information content (AvgIpc) is 2.30. The van der Waals surface area contributed by atoms with E-state index < -0.39 is 0 Å². The zero-order valence-corrected chi connectivity index (χ0v) is 11.1. The normalized spacial score (nSPS) is 10.9. The van der Waals surface area contributed by atoms with E-state index in [9.17, 15) is 4.79 Å². The van der Waals surface area contributed by atoms with Crippen LogP contribution >= 0.6 is 23.2 Å². The molecule has 5 heteroatoms. The second kappa shape index (κ2) is 6.97. The number of Topliss-reactive ketones (excluding diaryl/α,β-unsaturated/α-hetero) is 1. The number of ketones is 1. The monoisotopic (exact) mass is 275 g/mol. The van der Waals surface area contributed by atoms with E-state index in [0.29, 0.717) is 35.1 Å². The standard InChI is InChI=1S/C12H15Cl2NO2/c1-15(7-8-16)6-5-11(17)9-3-2-4-10(13)12(9)14/h2-4,16H,5-8H2,1H3. The lowest BCUT2D eigenvalue weighted by Gasteiger charge is -2.14. The van der Waals surface area contributed by atoms with Crippen molar-refractivity contribution in [3.63, 3.8) is 0 Å². The van der Waals surface area contributed by atoms with E-state index in [4.69, 9.17) is 28.3 Å². The molecule has 0 fully saturated rings. The van der Waals surface area contributed by atoms with Crippen molar-refractivity contribution in [2.45, 2.75) is 6.42 Å². The summed E-state index contributed by atoms with van der Waals surface area (Å²) in [6.45, 7) is 1.22. The van der Waals surface area contributed by atoms with Crippen LogP contribution in [0.15, 0.2) is 18.2 Å². The molecule has 0 heterocycles. The number of aliphatic hydroxyl groups excluding tert-OH is 1. The molecule has 1 aromatic carbocycles. The van der Waals surface area contributed by atoms with Crippen LogP contribution < -0.4 is 0 Å². The molecule has 0 aliphatic heterocycles. The summed E-state index contributed by atoms with van der Waals surface area (Å²) in [4.78, 5) is 13.8. The topological polar surface area (TPSA) is 40.5 Å². The molecule has 0 bridgehead atoms. The third-order valence-corrected chi connectivity index (χ3v) is 3.27. The fourth-order valence-electron chi connectivity index (χ4n) is 1.43. The first-order chi connectivity index (χ1) is 8.06. The molecule has 0 aliphatic carbocycles.